The highest BCUT2D eigenvalue weighted by molar-refractivity contribution is 5.92. The van der Waals surface area contributed by atoms with E-state index in [9.17, 15) is 4.79 Å². The van der Waals surface area contributed by atoms with Crippen LogP contribution in [0.5, 0.6) is 5.75 Å². The largest absolute Gasteiger partial charge is 0.492 e. The van der Waals surface area contributed by atoms with Gasteiger partial charge < -0.3 is 18.9 Å². The number of likely N-dealkylation sites (tertiary alicyclic amines) is 1. The number of ether oxygens (including phenoxy) is 2. The Morgan fingerprint density at radius 2 is 2.25 bits per heavy atom. The van der Waals surface area contributed by atoms with Crippen LogP contribution in [0, 0.1) is 5.92 Å². The van der Waals surface area contributed by atoms with Crippen LogP contribution >= 0.6 is 0 Å². The molecule has 0 saturated carbocycles. The summed E-state index contributed by atoms with van der Waals surface area (Å²) < 4.78 is 13.9. The number of amides is 1. The number of carbonyl (C=O) groups is 1. The summed E-state index contributed by atoms with van der Waals surface area (Å²) in [6.07, 6.45) is 11.9. The van der Waals surface area contributed by atoms with Crippen molar-refractivity contribution in [2.75, 3.05) is 26.3 Å². The predicted octanol–water partition coefficient (Wildman–Crippen LogP) is 2.69. The minimum absolute atomic E-state index is 0.0210. The number of imidazole rings is 1. The van der Waals surface area contributed by atoms with E-state index in [2.05, 4.69) is 9.97 Å². The molecular formula is C21H28N4O3. The van der Waals surface area contributed by atoms with Gasteiger partial charge in [0.15, 0.2) is 0 Å². The van der Waals surface area contributed by atoms with Crippen molar-refractivity contribution in [2.45, 2.75) is 37.7 Å². The van der Waals surface area contributed by atoms with Gasteiger partial charge in [-0.1, -0.05) is 0 Å². The van der Waals surface area contributed by atoms with E-state index < -0.39 is 0 Å². The maximum atomic E-state index is 12.6. The van der Waals surface area contributed by atoms with Gasteiger partial charge >= 0.3 is 0 Å². The smallest absolute Gasteiger partial charge is 0.274 e. The Balaban J connectivity index is 1.26. The zero-order valence-corrected chi connectivity index (χ0v) is 16.4. The molecule has 2 aromatic heterocycles. The summed E-state index contributed by atoms with van der Waals surface area (Å²) in [6.45, 7) is 2.96. The quantitative estimate of drug-likeness (QED) is 0.793. The molecule has 28 heavy (non-hydrogen) atoms. The number of aromatic nitrogens is 3. The molecule has 1 unspecified atom stereocenters. The lowest BCUT2D eigenvalue weighted by Gasteiger charge is -2.46. The summed E-state index contributed by atoms with van der Waals surface area (Å²) in [5, 5.41) is 0. The summed E-state index contributed by atoms with van der Waals surface area (Å²) in [5.41, 5.74) is 0.437. The maximum Gasteiger partial charge on any atom is 0.274 e. The van der Waals surface area contributed by atoms with Crippen LogP contribution in [-0.2, 0) is 11.8 Å². The molecule has 2 fully saturated rings. The summed E-state index contributed by atoms with van der Waals surface area (Å²) in [4.78, 5) is 22.8. The fraction of sp³-hybridized carbons (Fsp3) is 0.571. The molecule has 1 spiro atoms. The molecular weight excluding hydrogens is 356 g/mol. The third-order valence-electron chi connectivity index (χ3n) is 5.91. The van der Waals surface area contributed by atoms with E-state index in [1.807, 2.05) is 24.1 Å². The second-order valence-corrected chi connectivity index (χ2v) is 7.93. The van der Waals surface area contributed by atoms with Crippen LogP contribution in [0.2, 0.25) is 0 Å². The first-order valence-corrected chi connectivity index (χ1v) is 10.1. The Hall–Kier alpha value is -2.41. The van der Waals surface area contributed by atoms with Gasteiger partial charge in [-0.05, 0) is 50.2 Å². The Morgan fingerprint density at radius 3 is 2.96 bits per heavy atom. The highest BCUT2D eigenvalue weighted by Crippen LogP contribution is 2.39. The molecule has 2 aliphatic heterocycles. The van der Waals surface area contributed by atoms with Crippen LogP contribution in [0.4, 0.5) is 0 Å². The molecule has 0 N–H and O–H groups in total. The zero-order chi connectivity index (χ0) is 19.4. The van der Waals surface area contributed by atoms with Crippen LogP contribution in [0.3, 0.4) is 0 Å². The fourth-order valence-electron chi connectivity index (χ4n) is 4.30. The molecule has 2 aliphatic rings. The van der Waals surface area contributed by atoms with Crippen molar-refractivity contribution in [1.82, 2.24) is 19.4 Å². The van der Waals surface area contributed by atoms with E-state index in [4.69, 9.17) is 9.47 Å². The highest BCUT2D eigenvalue weighted by Gasteiger charge is 2.41. The van der Waals surface area contributed by atoms with Crippen molar-refractivity contribution in [3.63, 3.8) is 0 Å². The number of hydrogen-bond acceptors (Lipinski definition) is 5. The Labute approximate surface area is 165 Å². The van der Waals surface area contributed by atoms with Crippen molar-refractivity contribution in [3.05, 3.63) is 42.7 Å². The predicted molar refractivity (Wildman–Crippen MR) is 104 cm³/mol. The second-order valence-electron chi connectivity index (χ2n) is 7.93. The van der Waals surface area contributed by atoms with Gasteiger partial charge in [0.25, 0.3) is 5.91 Å². The molecule has 1 atom stereocenters. The Bertz CT molecular complexity index is 784. The first-order chi connectivity index (χ1) is 13.6. The monoisotopic (exact) mass is 384 g/mol. The molecule has 0 aliphatic carbocycles. The number of nitrogens with zero attached hydrogens (tertiary/aromatic N) is 4. The summed E-state index contributed by atoms with van der Waals surface area (Å²) >= 11 is 0. The Kier molecular flexibility index (Phi) is 5.62. The highest BCUT2D eigenvalue weighted by atomic mass is 16.5. The number of piperidine rings is 1. The summed E-state index contributed by atoms with van der Waals surface area (Å²) in [6, 6.07) is 3.83. The molecule has 0 radical (unpaired) electrons. The first kappa shape index (κ1) is 18.9. The zero-order valence-electron chi connectivity index (χ0n) is 16.4. The number of hydrogen-bond donors (Lipinski definition) is 0. The Morgan fingerprint density at radius 1 is 1.39 bits per heavy atom. The van der Waals surface area contributed by atoms with Crippen LogP contribution in [0.15, 0.2) is 37.1 Å². The minimum atomic E-state index is -0.0852. The van der Waals surface area contributed by atoms with Crippen LogP contribution < -0.4 is 4.74 Å². The lowest BCUT2D eigenvalue weighted by atomic mass is 9.78. The van der Waals surface area contributed by atoms with Gasteiger partial charge in [-0.2, -0.15) is 0 Å². The lowest BCUT2D eigenvalue weighted by molar-refractivity contribution is -0.125. The minimum Gasteiger partial charge on any atom is -0.492 e. The molecule has 7 heteroatoms. The van der Waals surface area contributed by atoms with Gasteiger partial charge in [-0.25, -0.2) is 4.98 Å². The number of rotatable bonds is 5. The van der Waals surface area contributed by atoms with Gasteiger partial charge in [0.1, 0.15) is 11.4 Å². The summed E-state index contributed by atoms with van der Waals surface area (Å²) in [5.74, 6) is 1.45. The third-order valence-corrected chi connectivity index (χ3v) is 5.91. The first-order valence-electron chi connectivity index (χ1n) is 10.1. The molecule has 4 rings (SSSR count). The SMILES string of the molecule is Cn1cnc(C(=O)N2CCC3(CC2)CC(CCOc2cccnc2)CCO3)c1. The maximum absolute atomic E-state index is 12.6. The standard InChI is InChI=1S/C21H28N4O3/c1-24-15-19(23-16-24)20(26)25-9-6-21(7-10-25)13-17(5-12-28-21)4-11-27-18-3-2-8-22-14-18/h2-3,8,14-17H,4-7,9-13H2,1H3. The average Bonchev–Trinajstić information content (AvgIpc) is 3.15. The normalized spacial score (nSPS) is 21.6. The van der Waals surface area contributed by atoms with Gasteiger partial charge in [0.05, 0.1) is 24.7 Å². The van der Waals surface area contributed by atoms with E-state index in [0.29, 0.717) is 18.2 Å². The van der Waals surface area contributed by atoms with Crippen LogP contribution in [-0.4, -0.2) is 57.2 Å². The van der Waals surface area contributed by atoms with Crippen molar-refractivity contribution >= 4 is 5.91 Å². The number of aryl methyl sites for hydroxylation is 1. The fourth-order valence-corrected chi connectivity index (χ4v) is 4.30. The molecule has 0 aromatic carbocycles. The average molecular weight is 384 g/mol. The molecule has 2 aromatic rings. The molecule has 7 nitrogen and oxygen atoms in total. The molecule has 0 bridgehead atoms. The van der Waals surface area contributed by atoms with E-state index in [-0.39, 0.29) is 11.5 Å². The van der Waals surface area contributed by atoms with E-state index >= 15 is 0 Å². The van der Waals surface area contributed by atoms with E-state index in [1.54, 1.807) is 29.5 Å². The van der Waals surface area contributed by atoms with E-state index in [0.717, 1.165) is 57.6 Å². The molecule has 4 heterocycles. The van der Waals surface area contributed by atoms with Crippen molar-refractivity contribution in [1.29, 1.82) is 0 Å². The van der Waals surface area contributed by atoms with Gasteiger partial charge in [-0.3, -0.25) is 9.78 Å². The van der Waals surface area contributed by atoms with Crippen molar-refractivity contribution < 1.29 is 14.3 Å². The van der Waals surface area contributed by atoms with Gasteiger partial charge in [0.2, 0.25) is 0 Å². The van der Waals surface area contributed by atoms with Gasteiger partial charge in [-0.15, -0.1) is 0 Å². The van der Waals surface area contributed by atoms with Crippen molar-refractivity contribution in [2.24, 2.45) is 13.0 Å². The molecule has 2 saturated heterocycles. The molecule has 1 amide bonds. The second kappa shape index (κ2) is 8.31. The van der Waals surface area contributed by atoms with Crippen LogP contribution in [0.25, 0.3) is 0 Å². The lowest BCUT2D eigenvalue weighted by Crippen LogP contribution is -2.51. The number of pyridine rings is 1. The molecule has 150 valence electrons. The topological polar surface area (TPSA) is 69.5 Å². The van der Waals surface area contributed by atoms with Crippen molar-refractivity contribution in [3.8, 4) is 5.75 Å². The summed E-state index contributed by atoms with van der Waals surface area (Å²) in [7, 11) is 1.88. The van der Waals surface area contributed by atoms with E-state index in [1.165, 1.54) is 0 Å². The third kappa shape index (κ3) is 4.35. The number of carbonyl (C=O) groups excluding carboxylic acids is 1. The van der Waals surface area contributed by atoms with Gasteiger partial charge in [0, 0.05) is 39.1 Å². The van der Waals surface area contributed by atoms with Crippen LogP contribution in [0.1, 0.15) is 42.6 Å².